The predicted octanol–water partition coefficient (Wildman–Crippen LogP) is 5.12. The molecule has 2 aromatic heterocycles. The van der Waals surface area contributed by atoms with Crippen molar-refractivity contribution >= 4 is 10.9 Å². The highest BCUT2D eigenvalue weighted by Crippen LogP contribution is 2.30. The number of H-pyrrole nitrogens is 1. The number of aryl methyl sites for hydroxylation is 1. The summed E-state index contributed by atoms with van der Waals surface area (Å²) in [5, 5.41) is 13.8. The van der Waals surface area contributed by atoms with E-state index in [1.807, 2.05) is 41.1 Å². The van der Waals surface area contributed by atoms with Crippen LogP contribution in [0.3, 0.4) is 0 Å². The molecule has 1 N–H and O–H groups in total. The van der Waals surface area contributed by atoms with Gasteiger partial charge in [-0.05, 0) is 73.7 Å². The van der Waals surface area contributed by atoms with Crippen molar-refractivity contribution in [2.24, 2.45) is 0 Å². The third-order valence-electron chi connectivity index (χ3n) is 6.11. The van der Waals surface area contributed by atoms with Crippen LogP contribution in [0.4, 0.5) is 0 Å². The second-order valence-corrected chi connectivity index (χ2v) is 10.0. The third kappa shape index (κ3) is 5.25. The van der Waals surface area contributed by atoms with E-state index >= 15 is 0 Å². The van der Waals surface area contributed by atoms with Gasteiger partial charge >= 0.3 is 0 Å². The summed E-state index contributed by atoms with van der Waals surface area (Å²) in [4.78, 5) is 18.5. The molecule has 0 amide bonds. The lowest BCUT2D eigenvalue weighted by Crippen LogP contribution is -2.35. The molecule has 4 rings (SSSR count). The SMILES string of the molecule is CCC[C@@H](c1nnnn1C(C)(C)C)N(Cc1ccccc1)Cc1cc2cc(C)ccc2[nH]c1=O. The molecule has 0 unspecified atom stereocenters. The van der Waals surface area contributed by atoms with Gasteiger partial charge in [0, 0.05) is 24.2 Å². The molecule has 7 nitrogen and oxygen atoms in total. The van der Waals surface area contributed by atoms with Gasteiger partial charge in [0.1, 0.15) is 0 Å². The number of hydrogen-bond donors (Lipinski definition) is 1. The maximum Gasteiger partial charge on any atom is 0.252 e. The Morgan fingerprint density at radius 2 is 1.82 bits per heavy atom. The third-order valence-corrected chi connectivity index (χ3v) is 6.11. The molecule has 178 valence electrons. The van der Waals surface area contributed by atoms with E-state index in [2.05, 4.69) is 78.2 Å². The minimum atomic E-state index is -0.249. The average molecular weight is 459 g/mol. The minimum Gasteiger partial charge on any atom is -0.322 e. The van der Waals surface area contributed by atoms with Gasteiger partial charge in [-0.1, -0.05) is 55.3 Å². The fraction of sp³-hybridized carbons (Fsp3) is 0.407. The van der Waals surface area contributed by atoms with Gasteiger partial charge < -0.3 is 4.98 Å². The summed E-state index contributed by atoms with van der Waals surface area (Å²) in [6.07, 6.45) is 1.86. The van der Waals surface area contributed by atoms with Crippen molar-refractivity contribution in [3.05, 3.63) is 87.5 Å². The zero-order valence-electron chi connectivity index (χ0n) is 20.7. The van der Waals surface area contributed by atoms with Crippen LogP contribution >= 0.6 is 0 Å². The van der Waals surface area contributed by atoms with Crippen LogP contribution in [-0.4, -0.2) is 30.1 Å². The first-order chi connectivity index (χ1) is 16.3. The molecule has 0 radical (unpaired) electrons. The molecule has 0 aliphatic carbocycles. The number of tetrazole rings is 1. The first-order valence-corrected chi connectivity index (χ1v) is 12.0. The van der Waals surface area contributed by atoms with E-state index in [-0.39, 0.29) is 17.1 Å². The Balaban J connectivity index is 1.79. The van der Waals surface area contributed by atoms with E-state index in [1.54, 1.807) is 0 Å². The summed E-state index contributed by atoms with van der Waals surface area (Å²) in [5.41, 5.74) is 3.65. The van der Waals surface area contributed by atoms with Crippen LogP contribution in [-0.2, 0) is 18.6 Å². The van der Waals surface area contributed by atoms with Crippen LogP contribution < -0.4 is 5.56 Å². The summed E-state index contributed by atoms with van der Waals surface area (Å²) < 4.78 is 1.92. The fourth-order valence-corrected chi connectivity index (χ4v) is 4.43. The second-order valence-electron chi connectivity index (χ2n) is 10.0. The molecule has 0 bridgehead atoms. The van der Waals surface area contributed by atoms with Gasteiger partial charge in [-0.15, -0.1) is 5.10 Å². The largest absolute Gasteiger partial charge is 0.322 e. The number of benzene rings is 2. The Labute approximate surface area is 200 Å². The maximum atomic E-state index is 13.1. The van der Waals surface area contributed by atoms with E-state index in [4.69, 9.17) is 0 Å². The lowest BCUT2D eigenvalue weighted by molar-refractivity contribution is 0.148. The summed E-state index contributed by atoms with van der Waals surface area (Å²) in [5.74, 6) is 0.832. The number of nitrogens with one attached hydrogen (secondary N) is 1. The quantitative estimate of drug-likeness (QED) is 0.396. The minimum absolute atomic E-state index is 0.0352. The van der Waals surface area contributed by atoms with Crippen LogP contribution in [0, 0.1) is 6.92 Å². The van der Waals surface area contributed by atoms with Gasteiger partial charge in [-0.3, -0.25) is 9.69 Å². The lowest BCUT2D eigenvalue weighted by Gasteiger charge is -2.33. The Morgan fingerprint density at radius 1 is 1.06 bits per heavy atom. The van der Waals surface area contributed by atoms with Crippen molar-refractivity contribution in [1.29, 1.82) is 0 Å². The molecule has 0 fully saturated rings. The van der Waals surface area contributed by atoms with E-state index in [0.717, 1.165) is 35.1 Å². The number of aromatic nitrogens is 5. The molecule has 2 heterocycles. The number of rotatable bonds is 8. The van der Waals surface area contributed by atoms with Crippen molar-refractivity contribution in [3.63, 3.8) is 0 Å². The van der Waals surface area contributed by atoms with Crippen LogP contribution in [0.2, 0.25) is 0 Å². The first kappa shape index (κ1) is 23.8. The first-order valence-electron chi connectivity index (χ1n) is 12.0. The Hall–Kier alpha value is -3.32. The number of aromatic amines is 1. The van der Waals surface area contributed by atoms with Gasteiger partial charge in [0.05, 0.1) is 11.6 Å². The highest BCUT2D eigenvalue weighted by atomic mass is 16.1. The molecule has 4 aromatic rings. The monoisotopic (exact) mass is 458 g/mol. The molecule has 1 atom stereocenters. The molecule has 0 spiro atoms. The summed E-state index contributed by atoms with van der Waals surface area (Å²) >= 11 is 0. The fourth-order valence-electron chi connectivity index (χ4n) is 4.43. The number of hydrogen-bond acceptors (Lipinski definition) is 5. The standard InChI is InChI=1S/C27H34N6O/c1-6-10-24(25-29-30-31-33(25)27(3,4)5)32(17-20-11-8-7-9-12-20)18-22-16-21-15-19(2)13-14-23(21)28-26(22)34/h7-9,11-16,24H,6,10,17-18H2,1-5H3,(H,28,34)/t24-/m0/s1. The molecular weight excluding hydrogens is 424 g/mol. The number of pyridine rings is 1. The normalized spacial score (nSPS) is 13.0. The van der Waals surface area contributed by atoms with E-state index in [1.165, 1.54) is 11.1 Å². The number of nitrogens with zero attached hydrogens (tertiary/aromatic N) is 5. The molecule has 0 aliphatic heterocycles. The summed E-state index contributed by atoms with van der Waals surface area (Å²) in [6, 6.07) is 18.4. The van der Waals surface area contributed by atoms with E-state index in [9.17, 15) is 4.79 Å². The van der Waals surface area contributed by atoms with Crippen molar-refractivity contribution in [2.45, 2.75) is 72.1 Å². The molecule has 0 saturated carbocycles. The molecule has 0 saturated heterocycles. The number of fused-ring (bicyclic) bond motifs is 1. The van der Waals surface area contributed by atoms with Gasteiger partial charge in [0.25, 0.3) is 5.56 Å². The van der Waals surface area contributed by atoms with E-state index in [0.29, 0.717) is 13.1 Å². The van der Waals surface area contributed by atoms with Gasteiger partial charge in [0.2, 0.25) is 0 Å². The zero-order chi connectivity index (χ0) is 24.3. The Bertz CT molecular complexity index is 1300. The summed E-state index contributed by atoms with van der Waals surface area (Å²) in [6.45, 7) is 11.7. The van der Waals surface area contributed by atoms with Gasteiger partial charge in [0.15, 0.2) is 5.82 Å². The molecule has 0 aliphatic rings. The Kier molecular flexibility index (Phi) is 6.93. The molecule has 2 aromatic carbocycles. The predicted molar refractivity (Wildman–Crippen MR) is 135 cm³/mol. The van der Waals surface area contributed by atoms with Crippen LogP contribution in [0.1, 0.15) is 69.1 Å². The lowest BCUT2D eigenvalue weighted by atomic mass is 10.0. The second kappa shape index (κ2) is 9.89. The van der Waals surface area contributed by atoms with Gasteiger partial charge in [-0.2, -0.15) is 0 Å². The summed E-state index contributed by atoms with van der Waals surface area (Å²) in [7, 11) is 0. The topological polar surface area (TPSA) is 79.7 Å². The van der Waals surface area contributed by atoms with E-state index < -0.39 is 0 Å². The van der Waals surface area contributed by atoms with Crippen LogP contribution in [0.25, 0.3) is 10.9 Å². The highest BCUT2D eigenvalue weighted by Gasteiger charge is 2.30. The molecular formula is C27H34N6O. The highest BCUT2D eigenvalue weighted by molar-refractivity contribution is 5.79. The van der Waals surface area contributed by atoms with Crippen molar-refractivity contribution in [2.75, 3.05) is 0 Å². The average Bonchev–Trinajstić information content (AvgIpc) is 3.29. The van der Waals surface area contributed by atoms with Crippen molar-refractivity contribution in [3.8, 4) is 0 Å². The molecule has 34 heavy (non-hydrogen) atoms. The van der Waals surface area contributed by atoms with Crippen LogP contribution in [0.5, 0.6) is 0 Å². The molecule has 7 heteroatoms. The van der Waals surface area contributed by atoms with Gasteiger partial charge in [-0.25, -0.2) is 4.68 Å². The smallest absolute Gasteiger partial charge is 0.252 e. The Morgan fingerprint density at radius 3 is 2.53 bits per heavy atom. The zero-order valence-corrected chi connectivity index (χ0v) is 20.7. The van der Waals surface area contributed by atoms with Crippen LogP contribution in [0.15, 0.2) is 59.4 Å². The maximum absolute atomic E-state index is 13.1. The van der Waals surface area contributed by atoms with Crippen molar-refractivity contribution < 1.29 is 0 Å². The van der Waals surface area contributed by atoms with Crippen molar-refractivity contribution in [1.82, 2.24) is 30.1 Å².